The molecular formula is C19H21ClN2. The van der Waals surface area contributed by atoms with Gasteiger partial charge in [-0.05, 0) is 74.3 Å². The summed E-state index contributed by atoms with van der Waals surface area (Å²) in [6.07, 6.45) is 2.50. The molecule has 0 aromatic heterocycles. The maximum Gasteiger partial charge on any atom is 0.0424 e. The lowest BCUT2D eigenvalue weighted by Crippen LogP contribution is -2.34. The molecule has 22 heavy (non-hydrogen) atoms. The first kappa shape index (κ1) is 14.1. The van der Waals surface area contributed by atoms with Crippen molar-refractivity contribution in [2.45, 2.75) is 18.8 Å². The summed E-state index contributed by atoms with van der Waals surface area (Å²) in [5, 5.41) is 4.41. The van der Waals surface area contributed by atoms with Crippen molar-refractivity contribution in [3.05, 3.63) is 58.6 Å². The first-order valence-corrected chi connectivity index (χ1v) is 8.44. The minimum absolute atomic E-state index is 0.458. The van der Waals surface area contributed by atoms with Crippen LogP contribution in [-0.4, -0.2) is 25.0 Å². The highest BCUT2D eigenvalue weighted by Crippen LogP contribution is 2.48. The number of para-hydroxylation sites is 1. The first-order chi connectivity index (χ1) is 10.7. The van der Waals surface area contributed by atoms with Gasteiger partial charge in [0.1, 0.15) is 0 Å². The van der Waals surface area contributed by atoms with Crippen LogP contribution in [-0.2, 0) is 0 Å². The largest absolute Gasteiger partial charge is 0.355 e. The number of likely N-dealkylation sites (tertiary alicyclic amines) is 1. The van der Waals surface area contributed by atoms with Crippen molar-refractivity contribution >= 4 is 23.0 Å². The molecule has 2 heterocycles. The summed E-state index contributed by atoms with van der Waals surface area (Å²) in [7, 11) is 2.22. The summed E-state index contributed by atoms with van der Waals surface area (Å²) in [5.74, 6) is 1.15. The molecule has 0 amide bonds. The predicted molar refractivity (Wildman–Crippen MR) is 93.2 cm³/mol. The Bertz CT molecular complexity index is 690. The summed E-state index contributed by atoms with van der Waals surface area (Å²) in [5.41, 5.74) is 5.25. The number of nitrogens with zero attached hydrogens (tertiary/aromatic N) is 1. The summed E-state index contributed by atoms with van der Waals surface area (Å²) in [4.78, 5) is 2.43. The van der Waals surface area contributed by atoms with E-state index in [1.807, 2.05) is 6.07 Å². The second-order valence-electron chi connectivity index (χ2n) is 6.56. The lowest BCUT2D eigenvalue weighted by molar-refractivity contribution is 0.207. The third-order valence-corrected chi connectivity index (χ3v) is 5.38. The van der Waals surface area contributed by atoms with Crippen molar-refractivity contribution in [3.63, 3.8) is 0 Å². The molecule has 2 aliphatic rings. The monoisotopic (exact) mass is 312 g/mol. The van der Waals surface area contributed by atoms with Gasteiger partial charge in [-0.2, -0.15) is 0 Å². The molecule has 0 bridgehead atoms. The fraction of sp³-hybridized carbons (Fsp3) is 0.368. The molecule has 114 valence electrons. The Hall–Kier alpha value is -1.51. The van der Waals surface area contributed by atoms with Crippen LogP contribution in [0, 0.1) is 5.92 Å². The smallest absolute Gasteiger partial charge is 0.0424 e. The van der Waals surface area contributed by atoms with Gasteiger partial charge in [0.15, 0.2) is 0 Å². The Morgan fingerprint density at radius 3 is 2.55 bits per heavy atom. The summed E-state index contributed by atoms with van der Waals surface area (Å²) in [6.45, 7) is 2.37. The van der Waals surface area contributed by atoms with Gasteiger partial charge < -0.3 is 10.2 Å². The molecule has 3 heteroatoms. The molecule has 0 unspecified atom stereocenters. The van der Waals surface area contributed by atoms with Gasteiger partial charge in [-0.1, -0.05) is 29.8 Å². The van der Waals surface area contributed by atoms with Crippen molar-refractivity contribution in [2.75, 3.05) is 25.5 Å². The molecule has 2 aromatic rings. The van der Waals surface area contributed by atoms with Gasteiger partial charge in [0, 0.05) is 22.3 Å². The average Bonchev–Trinajstić information content (AvgIpc) is 2.54. The second-order valence-corrected chi connectivity index (χ2v) is 7.00. The lowest BCUT2D eigenvalue weighted by Gasteiger charge is -2.38. The van der Waals surface area contributed by atoms with Crippen LogP contribution in [0.1, 0.15) is 29.9 Å². The molecule has 0 spiro atoms. The standard InChI is InChI=1S/C19H21ClN2/c1-22-10-8-13(9-11-22)19-15-4-2-3-5-17(15)21-18-7-6-14(20)12-16(18)19/h2-7,12-13,19,21H,8-11H2,1H3/t19-/m0/s1. The second kappa shape index (κ2) is 5.60. The van der Waals surface area contributed by atoms with E-state index >= 15 is 0 Å². The van der Waals surface area contributed by atoms with Crippen LogP contribution in [0.25, 0.3) is 0 Å². The molecule has 2 aliphatic heterocycles. The van der Waals surface area contributed by atoms with E-state index in [0.717, 1.165) is 5.02 Å². The molecule has 2 nitrogen and oxygen atoms in total. The van der Waals surface area contributed by atoms with Gasteiger partial charge >= 0.3 is 0 Å². The highest BCUT2D eigenvalue weighted by atomic mass is 35.5. The SMILES string of the molecule is CN1CCC([C@H]2c3ccccc3Nc3ccc(Cl)cc32)CC1. The Morgan fingerprint density at radius 2 is 1.73 bits per heavy atom. The predicted octanol–water partition coefficient (Wildman–Crippen LogP) is 4.87. The molecule has 2 aromatic carbocycles. The Morgan fingerprint density at radius 1 is 1.00 bits per heavy atom. The van der Waals surface area contributed by atoms with Crippen LogP contribution < -0.4 is 5.32 Å². The minimum atomic E-state index is 0.458. The van der Waals surface area contributed by atoms with E-state index in [1.54, 1.807) is 0 Å². The molecule has 0 radical (unpaired) electrons. The van der Waals surface area contributed by atoms with Crippen molar-refractivity contribution < 1.29 is 0 Å². The van der Waals surface area contributed by atoms with Crippen molar-refractivity contribution in [3.8, 4) is 0 Å². The number of hydrogen-bond donors (Lipinski definition) is 1. The van der Waals surface area contributed by atoms with Gasteiger partial charge in [-0.15, -0.1) is 0 Å². The van der Waals surface area contributed by atoms with Gasteiger partial charge in [-0.3, -0.25) is 0 Å². The highest BCUT2D eigenvalue weighted by molar-refractivity contribution is 6.30. The zero-order valence-corrected chi connectivity index (χ0v) is 13.6. The molecule has 1 saturated heterocycles. The number of halogens is 1. The number of fused-ring (bicyclic) bond motifs is 2. The molecular weight excluding hydrogens is 292 g/mol. The average molecular weight is 313 g/mol. The van der Waals surface area contributed by atoms with Crippen LogP contribution in [0.3, 0.4) is 0 Å². The van der Waals surface area contributed by atoms with E-state index in [-0.39, 0.29) is 0 Å². The molecule has 1 atom stereocenters. The van der Waals surface area contributed by atoms with Gasteiger partial charge in [0.05, 0.1) is 0 Å². The van der Waals surface area contributed by atoms with Crippen LogP contribution in [0.2, 0.25) is 5.02 Å². The molecule has 1 fully saturated rings. The lowest BCUT2D eigenvalue weighted by atomic mass is 9.73. The van der Waals surface area contributed by atoms with Crippen LogP contribution in [0.5, 0.6) is 0 Å². The number of rotatable bonds is 1. The van der Waals surface area contributed by atoms with Gasteiger partial charge in [0.2, 0.25) is 0 Å². The molecule has 0 saturated carbocycles. The number of anilines is 2. The summed E-state index contributed by atoms with van der Waals surface area (Å²) < 4.78 is 0. The van der Waals surface area contributed by atoms with E-state index in [0.29, 0.717) is 11.8 Å². The third-order valence-electron chi connectivity index (χ3n) is 5.15. The Balaban J connectivity index is 1.80. The third kappa shape index (κ3) is 2.41. The van der Waals surface area contributed by atoms with E-state index in [9.17, 15) is 0 Å². The van der Waals surface area contributed by atoms with E-state index in [4.69, 9.17) is 11.6 Å². The first-order valence-electron chi connectivity index (χ1n) is 8.06. The number of piperidine rings is 1. The van der Waals surface area contributed by atoms with E-state index in [2.05, 4.69) is 53.7 Å². The zero-order valence-electron chi connectivity index (χ0n) is 12.8. The number of nitrogens with one attached hydrogen (secondary N) is 1. The number of benzene rings is 2. The summed E-state index contributed by atoms with van der Waals surface area (Å²) >= 11 is 6.30. The van der Waals surface area contributed by atoms with Crippen molar-refractivity contribution in [1.82, 2.24) is 4.90 Å². The van der Waals surface area contributed by atoms with E-state index in [1.165, 1.54) is 48.4 Å². The highest BCUT2D eigenvalue weighted by Gasteiger charge is 2.33. The fourth-order valence-electron chi connectivity index (χ4n) is 3.97. The quantitative estimate of drug-likeness (QED) is 0.808. The van der Waals surface area contributed by atoms with Crippen LogP contribution in [0.4, 0.5) is 11.4 Å². The summed E-state index contributed by atoms with van der Waals surface area (Å²) in [6, 6.07) is 15.0. The fourth-order valence-corrected chi connectivity index (χ4v) is 4.15. The topological polar surface area (TPSA) is 15.3 Å². The van der Waals surface area contributed by atoms with Crippen molar-refractivity contribution in [2.24, 2.45) is 5.92 Å². The minimum Gasteiger partial charge on any atom is -0.355 e. The Labute approximate surface area is 137 Å². The van der Waals surface area contributed by atoms with Crippen LogP contribution in [0.15, 0.2) is 42.5 Å². The maximum absolute atomic E-state index is 6.30. The number of hydrogen-bond acceptors (Lipinski definition) is 2. The van der Waals surface area contributed by atoms with Gasteiger partial charge in [-0.25, -0.2) is 0 Å². The maximum atomic E-state index is 6.30. The molecule has 0 aliphatic carbocycles. The Kier molecular flexibility index (Phi) is 3.59. The van der Waals surface area contributed by atoms with E-state index < -0.39 is 0 Å². The van der Waals surface area contributed by atoms with Crippen LogP contribution >= 0.6 is 11.6 Å². The van der Waals surface area contributed by atoms with Gasteiger partial charge in [0.25, 0.3) is 0 Å². The zero-order chi connectivity index (χ0) is 15.1. The molecule has 4 rings (SSSR count). The molecule has 1 N–H and O–H groups in total. The normalized spacial score (nSPS) is 21.8. The van der Waals surface area contributed by atoms with Crippen molar-refractivity contribution in [1.29, 1.82) is 0 Å².